The molecule has 1 aliphatic rings. The molecule has 0 radical (unpaired) electrons. The molecule has 2 aromatic heterocycles. The number of ether oxygens (including phenoxy) is 1. The first-order chi connectivity index (χ1) is 16.1. The van der Waals surface area contributed by atoms with Gasteiger partial charge < -0.3 is 9.64 Å². The van der Waals surface area contributed by atoms with Gasteiger partial charge in [0.15, 0.2) is 0 Å². The van der Waals surface area contributed by atoms with E-state index in [0.29, 0.717) is 30.3 Å². The molecule has 0 bridgehead atoms. The first-order valence-electron chi connectivity index (χ1n) is 11.3. The first-order valence-corrected chi connectivity index (χ1v) is 11.3. The molecule has 0 saturated carbocycles. The number of amides is 1. The number of aromatic nitrogens is 4. The van der Waals surface area contributed by atoms with E-state index in [4.69, 9.17) is 4.74 Å². The molecular formula is C26H27N5O2. The van der Waals surface area contributed by atoms with Gasteiger partial charge in [-0.3, -0.25) is 4.79 Å². The van der Waals surface area contributed by atoms with Gasteiger partial charge in [-0.25, -0.2) is 4.98 Å². The standard InChI is InChI=1S/C26H27N5O2/c1-18-7-10-24(31-28-13-14-29-31)23(15-18)26(32)30-16-20(9-8-19(30)2)17-33-25-22-6-4-3-5-21(22)11-12-27-25/h3-7,10-15,19-20H,8-9,16-17H2,1-2H3/t19-,20-/m1/s1. The monoisotopic (exact) mass is 441 g/mol. The Labute approximate surface area is 193 Å². The number of hydrogen-bond acceptors (Lipinski definition) is 5. The van der Waals surface area contributed by atoms with Crippen molar-refractivity contribution in [3.8, 4) is 11.6 Å². The van der Waals surface area contributed by atoms with Crippen LogP contribution in [-0.2, 0) is 0 Å². The highest BCUT2D eigenvalue weighted by molar-refractivity contribution is 5.98. The maximum absolute atomic E-state index is 13.7. The highest BCUT2D eigenvalue weighted by Crippen LogP contribution is 2.28. The second-order valence-corrected chi connectivity index (χ2v) is 8.74. The summed E-state index contributed by atoms with van der Waals surface area (Å²) >= 11 is 0. The third kappa shape index (κ3) is 4.31. The summed E-state index contributed by atoms with van der Waals surface area (Å²) in [5, 5.41) is 10.6. The van der Waals surface area contributed by atoms with Crippen molar-refractivity contribution in [1.29, 1.82) is 0 Å². The smallest absolute Gasteiger partial charge is 0.256 e. The van der Waals surface area contributed by atoms with Crippen LogP contribution in [-0.4, -0.2) is 50.0 Å². The van der Waals surface area contributed by atoms with Gasteiger partial charge in [0, 0.05) is 30.1 Å². The molecule has 1 aliphatic heterocycles. The van der Waals surface area contributed by atoms with Crippen LogP contribution in [0.5, 0.6) is 5.88 Å². The van der Waals surface area contributed by atoms with E-state index in [0.717, 1.165) is 29.2 Å². The summed E-state index contributed by atoms with van der Waals surface area (Å²) in [7, 11) is 0. The van der Waals surface area contributed by atoms with Gasteiger partial charge in [-0.2, -0.15) is 15.0 Å². The van der Waals surface area contributed by atoms with E-state index in [9.17, 15) is 4.79 Å². The molecule has 0 spiro atoms. The third-order valence-corrected chi connectivity index (χ3v) is 6.35. The van der Waals surface area contributed by atoms with Crippen molar-refractivity contribution in [3.05, 3.63) is 78.2 Å². The number of benzene rings is 2. The average molecular weight is 442 g/mol. The Morgan fingerprint density at radius 2 is 1.88 bits per heavy atom. The van der Waals surface area contributed by atoms with Crippen molar-refractivity contribution in [2.45, 2.75) is 32.7 Å². The van der Waals surface area contributed by atoms with Gasteiger partial charge in [0.25, 0.3) is 5.91 Å². The summed E-state index contributed by atoms with van der Waals surface area (Å²) in [4.78, 5) is 21.6. The number of rotatable bonds is 5. The van der Waals surface area contributed by atoms with Crippen LogP contribution in [0.15, 0.2) is 67.1 Å². The number of pyridine rings is 1. The molecule has 168 valence electrons. The molecule has 7 nitrogen and oxygen atoms in total. The van der Waals surface area contributed by atoms with Crippen molar-refractivity contribution < 1.29 is 9.53 Å². The van der Waals surface area contributed by atoms with E-state index in [1.165, 1.54) is 4.80 Å². The number of fused-ring (bicyclic) bond motifs is 1. The van der Waals surface area contributed by atoms with Gasteiger partial charge in [0.05, 0.1) is 30.3 Å². The number of hydrogen-bond donors (Lipinski definition) is 0. The minimum Gasteiger partial charge on any atom is -0.477 e. The van der Waals surface area contributed by atoms with E-state index in [1.54, 1.807) is 18.6 Å². The normalized spacial score (nSPS) is 18.4. The number of piperidine rings is 1. The van der Waals surface area contributed by atoms with Crippen LogP contribution in [0, 0.1) is 12.8 Å². The Kier molecular flexibility index (Phi) is 5.77. The molecule has 1 saturated heterocycles. The van der Waals surface area contributed by atoms with Crippen LogP contribution in [0.3, 0.4) is 0 Å². The topological polar surface area (TPSA) is 73.1 Å². The number of carbonyl (C=O) groups excluding carboxylic acids is 1. The molecule has 3 heterocycles. The summed E-state index contributed by atoms with van der Waals surface area (Å²) in [6.07, 6.45) is 6.96. The van der Waals surface area contributed by atoms with Crippen LogP contribution in [0.2, 0.25) is 0 Å². The maximum Gasteiger partial charge on any atom is 0.256 e. The van der Waals surface area contributed by atoms with Crippen molar-refractivity contribution in [2.24, 2.45) is 5.92 Å². The summed E-state index contributed by atoms with van der Waals surface area (Å²) in [6.45, 7) is 5.27. The van der Waals surface area contributed by atoms with Crippen LogP contribution in [0.1, 0.15) is 35.7 Å². The van der Waals surface area contributed by atoms with E-state index in [2.05, 4.69) is 28.2 Å². The molecule has 0 unspecified atom stereocenters. The van der Waals surface area contributed by atoms with Crippen molar-refractivity contribution in [1.82, 2.24) is 24.9 Å². The lowest BCUT2D eigenvalue weighted by Crippen LogP contribution is -2.47. The zero-order valence-electron chi connectivity index (χ0n) is 18.9. The maximum atomic E-state index is 13.7. The minimum absolute atomic E-state index is 0.00601. The highest BCUT2D eigenvalue weighted by Gasteiger charge is 2.31. The molecule has 1 amide bonds. The number of aryl methyl sites for hydroxylation is 1. The molecule has 0 N–H and O–H groups in total. The van der Waals surface area contributed by atoms with Gasteiger partial charge in [-0.15, -0.1) is 0 Å². The summed E-state index contributed by atoms with van der Waals surface area (Å²) in [5.41, 5.74) is 2.34. The summed E-state index contributed by atoms with van der Waals surface area (Å²) in [6, 6.07) is 16.0. The van der Waals surface area contributed by atoms with Gasteiger partial charge >= 0.3 is 0 Å². The fourth-order valence-corrected chi connectivity index (χ4v) is 4.50. The predicted octanol–water partition coefficient (Wildman–Crippen LogP) is 4.44. The Bertz CT molecular complexity index is 1270. The van der Waals surface area contributed by atoms with Crippen molar-refractivity contribution in [3.63, 3.8) is 0 Å². The van der Waals surface area contributed by atoms with Gasteiger partial charge in [0.2, 0.25) is 5.88 Å². The molecule has 2 aromatic carbocycles. The van der Waals surface area contributed by atoms with Crippen LogP contribution >= 0.6 is 0 Å². The SMILES string of the molecule is Cc1ccc(-n2nccn2)c(C(=O)N2C[C@H](COc3nccc4ccccc34)CC[C@H]2C)c1. The fraction of sp³-hybridized carbons (Fsp3) is 0.308. The highest BCUT2D eigenvalue weighted by atomic mass is 16.5. The molecule has 0 aliphatic carbocycles. The zero-order valence-corrected chi connectivity index (χ0v) is 18.9. The summed E-state index contributed by atoms with van der Waals surface area (Å²) < 4.78 is 6.16. The van der Waals surface area contributed by atoms with Crippen molar-refractivity contribution in [2.75, 3.05) is 13.2 Å². The molecule has 7 heteroatoms. The van der Waals surface area contributed by atoms with Crippen molar-refractivity contribution >= 4 is 16.7 Å². The zero-order chi connectivity index (χ0) is 22.8. The van der Waals surface area contributed by atoms with Gasteiger partial charge in [0.1, 0.15) is 0 Å². The Balaban J connectivity index is 1.34. The molecule has 4 aromatic rings. The lowest BCUT2D eigenvalue weighted by molar-refractivity contribution is 0.0503. The van der Waals surface area contributed by atoms with E-state index in [1.807, 2.05) is 54.3 Å². The van der Waals surface area contributed by atoms with Crippen LogP contribution in [0.4, 0.5) is 0 Å². The lowest BCUT2D eigenvalue weighted by Gasteiger charge is -2.38. The molecule has 5 rings (SSSR count). The molecule has 1 fully saturated rings. The van der Waals surface area contributed by atoms with E-state index < -0.39 is 0 Å². The third-order valence-electron chi connectivity index (χ3n) is 6.35. The number of carbonyl (C=O) groups is 1. The van der Waals surface area contributed by atoms with Crippen LogP contribution < -0.4 is 4.74 Å². The quantitative estimate of drug-likeness (QED) is 0.458. The van der Waals surface area contributed by atoms with E-state index in [-0.39, 0.29) is 17.9 Å². The molecular weight excluding hydrogens is 414 g/mol. The molecule has 2 atom stereocenters. The molecule has 33 heavy (non-hydrogen) atoms. The largest absolute Gasteiger partial charge is 0.477 e. The Morgan fingerprint density at radius 1 is 1.06 bits per heavy atom. The van der Waals surface area contributed by atoms with Gasteiger partial charge in [-0.1, -0.05) is 29.8 Å². The summed E-state index contributed by atoms with van der Waals surface area (Å²) in [5.74, 6) is 0.892. The van der Waals surface area contributed by atoms with E-state index >= 15 is 0 Å². The number of nitrogens with zero attached hydrogens (tertiary/aromatic N) is 5. The second-order valence-electron chi connectivity index (χ2n) is 8.74. The first kappa shape index (κ1) is 21.1. The Morgan fingerprint density at radius 3 is 2.73 bits per heavy atom. The fourth-order valence-electron chi connectivity index (χ4n) is 4.50. The average Bonchev–Trinajstić information content (AvgIpc) is 3.38. The van der Waals surface area contributed by atoms with Gasteiger partial charge in [-0.05, 0) is 56.3 Å². The second kappa shape index (κ2) is 9.02. The van der Waals surface area contributed by atoms with Crippen LogP contribution in [0.25, 0.3) is 16.5 Å². The number of likely N-dealkylation sites (tertiary alicyclic amines) is 1. The minimum atomic E-state index is 0.00601. The Hall–Kier alpha value is -3.74. The lowest BCUT2D eigenvalue weighted by atomic mass is 9.93. The predicted molar refractivity (Wildman–Crippen MR) is 127 cm³/mol.